The summed E-state index contributed by atoms with van der Waals surface area (Å²) in [4.78, 5) is 36.1. The third-order valence-electron chi connectivity index (χ3n) is 7.11. The Bertz CT molecular complexity index is 1160. The van der Waals surface area contributed by atoms with Gasteiger partial charge in [0.25, 0.3) is 11.7 Å². The van der Waals surface area contributed by atoms with Crippen molar-refractivity contribution < 1.29 is 49.0 Å². The van der Waals surface area contributed by atoms with Crippen LogP contribution in [0.1, 0.15) is 36.5 Å². The number of hydrogen-bond donors (Lipinski definition) is 5. The molecular weight excluding hydrogens is 566 g/mol. The number of rotatable bonds is 15. The van der Waals surface area contributed by atoms with Crippen LogP contribution in [0.15, 0.2) is 54.6 Å². The molecule has 1 unspecified atom stereocenters. The molecule has 6 atom stereocenters. The number of esters is 1. The molecule has 1 heterocycles. The van der Waals surface area contributed by atoms with Gasteiger partial charge in [0.1, 0.15) is 6.10 Å². The number of nitrogens with one attached hydrogen (secondary N) is 1. The van der Waals surface area contributed by atoms with Gasteiger partial charge in [-0.05, 0) is 35.4 Å². The van der Waals surface area contributed by atoms with Gasteiger partial charge in [-0.1, -0.05) is 49.4 Å². The summed E-state index contributed by atoms with van der Waals surface area (Å²) in [7, 11) is 1.14. The molecule has 0 saturated carbocycles. The van der Waals surface area contributed by atoms with Gasteiger partial charge in [0.15, 0.2) is 0 Å². The van der Waals surface area contributed by atoms with E-state index < -0.39 is 54.0 Å². The first-order chi connectivity index (χ1) is 20.1. The molecule has 2 aromatic carbocycles. The molecule has 1 aliphatic rings. The normalized spacial score (nSPS) is 23.5. The van der Waals surface area contributed by atoms with Crippen molar-refractivity contribution in [2.24, 2.45) is 5.92 Å². The van der Waals surface area contributed by atoms with Gasteiger partial charge >= 0.3 is 11.9 Å². The van der Waals surface area contributed by atoms with E-state index in [0.717, 1.165) is 18.2 Å². The maximum atomic E-state index is 12.8. The van der Waals surface area contributed by atoms with E-state index in [1.807, 2.05) is 42.5 Å². The van der Waals surface area contributed by atoms with E-state index in [-0.39, 0.29) is 26.0 Å². The van der Waals surface area contributed by atoms with Crippen LogP contribution >= 0.6 is 11.8 Å². The summed E-state index contributed by atoms with van der Waals surface area (Å²) >= 11 is 1.42. The molecule has 3 rings (SSSR count). The Morgan fingerprint density at radius 1 is 1.07 bits per heavy atom. The molecule has 12 heteroatoms. The summed E-state index contributed by atoms with van der Waals surface area (Å²) in [6, 6.07) is 16.6. The summed E-state index contributed by atoms with van der Waals surface area (Å²) in [6.07, 6.45) is -5.18. The fourth-order valence-corrected chi connectivity index (χ4v) is 5.46. The van der Waals surface area contributed by atoms with Gasteiger partial charge in [0.2, 0.25) is 0 Å². The highest BCUT2D eigenvalue weighted by Gasteiger charge is 2.54. The summed E-state index contributed by atoms with van der Waals surface area (Å²) < 4.78 is 16.6. The standard InChI is InChI=1S/C30H39NO10S/c1-19-23(32)17-30(29(38)39-2,40-14-6-15-42-16-13-25(34)35)41-27(19)26(36)24(33)18-31-28(37)22-11-9-21(10-12-22)20-7-4-3-5-8-20/h3-5,7-12,19,23-24,26-27,32-33,36H,6,13-18H2,1-2H3,(H,31,37)(H,34,35)/t19-,23-,24-,26-,27?,30-/m1/s1. The minimum atomic E-state index is -2.01. The first kappa shape index (κ1) is 33.5. The lowest BCUT2D eigenvalue weighted by atomic mass is 9.84. The second-order valence-corrected chi connectivity index (χ2v) is 11.4. The average molecular weight is 606 g/mol. The van der Waals surface area contributed by atoms with Gasteiger partial charge in [-0.15, -0.1) is 0 Å². The Balaban J connectivity index is 1.58. The van der Waals surface area contributed by atoms with Crippen LogP contribution in [0.3, 0.4) is 0 Å². The largest absolute Gasteiger partial charge is 0.481 e. The molecule has 230 valence electrons. The Kier molecular flexibility index (Phi) is 12.8. The number of carbonyl (C=O) groups is 3. The van der Waals surface area contributed by atoms with Crippen LogP contribution in [0.25, 0.3) is 11.1 Å². The second kappa shape index (κ2) is 16.0. The van der Waals surface area contributed by atoms with Crippen LogP contribution < -0.4 is 5.32 Å². The van der Waals surface area contributed by atoms with Crippen molar-refractivity contribution in [3.8, 4) is 11.1 Å². The monoisotopic (exact) mass is 605 g/mol. The number of amides is 1. The maximum Gasteiger partial charge on any atom is 0.366 e. The minimum Gasteiger partial charge on any atom is -0.481 e. The Morgan fingerprint density at radius 2 is 1.74 bits per heavy atom. The number of carboxylic acid groups (broad SMARTS) is 1. The Labute approximate surface area is 249 Å². The van der Waals surface area contributed by atoms with Crippen LogP contribution in [-0.4, -0.2) is 100 Å². The quantitative estimate of drug-likeness (QED) is 0.149. The van der Waals surface area contributed by atoms with Crippen molar-refractivity contribution in [3.63, 3.8) is 0 Å². The Morgan fingerprint density at radius 3 is 2.38 bits per heavy atom. The number of ether oxygens (including phenoxy) is 3. The fraction of sp³-hybridized carbons (Fsp3) is 0.500. The second-order valence-electron chi connectivity index (χ2n) is 10.1. The van der Waals surface area contributed by atoms with E-state index in [1.54, 1.807) is 19.1 Å². The molecule has 1 fully saturated rings. The van der Waals surface area contributed by atoms with Crippen LogP contribution in [0.2, 0.25) is 0 Å². The van der Waals surface area contributed by atoms with Gasteiger partial charge in [-0.25, -0.2) is 4.79 Å². The number of aliphatic carboxylic acids is 1. The van der Waals surface area contributed by atoms with Crippen LogP contribution in [0, 0.1) is 5.92 Å². The van der Waals surface area contributed by atoms with E-state index >= 15 is 0 Å². The third-order valence-corrected chi connectivity index (χ3v) is 8.18. The van der Waals surface area contributed by atoms with Crippen molar-refractivity contribution >= 4 is 29.6 Å². The SMILES string of the molecule is COC(=O)[C@@]1(OCCCSCCC(=O)O)C[C@@H](O)[C@@H](C)C([C@H](O)[C@H](O)CNC(=O)c2ccc(-c3ccccc3)cc2)O1. The molecule has 42 heavy (non-hydrogen) atoms. The molecule has 0 bridgehead atoms. The molecule has 0 radical (unpaired) electrons. The van der Waals surface area contributed by atoms with Crippen molar-refractivity contribution in [1.29, 1.82) is 0 Å². The average Bonchev–Trinajstić information content (AvgIpc) is 3.00. The lowest BCUT2D eigenvalue weighted by molar-refractivity contribution is -0.318. The van der Waals surface area contributed by atoms with Gasteiger partial charge in [-0.2, -0.15) is 11.8 Å². The lowest BCUT2D eigenvalue weighted by Gasteiger charge is -2.46. The number of aliphatic hydroxyl groups is 3. The molecule has 2 aromatic rings. The number of carboxylic acids is 1. The smallest absolute Gasteiger partial charge is 0.366 e. The zero-order chi connectivity index (χ0) is 30.7. The number of methoxy groups -OCH3 is 1. The topological polar surface area (TPSA) is 172 Å². The van der Waals surface area contributed by atoms with Crippen molar-refractivity contribution in [3.05, 3.63) is 60.2 Å². The predicted molar refractivity (Wildman–Crippen MR) is 156 cm³/mol. The van der Waals surface area contributed by atoms with E-state index in [9.17, 15) is 29.7 Å². The fourth-order valence-electron chi connectivity index (χ4n) is 4.62. The number of hydrogen-bond acceptors (Lipinski definition) is 10. The number of aliphatic hydroxyl groups excluding tert-OH is 3. The molecule has 0 spiro atoms. The molecular formula is C30H39NO10S. The van der Waals surface area contributed by atoms with Crippen molar-refractivity contribution in [1.82, 2.24) is 5.32 Å². The highest BCUT2D eigenvalue weighted by Crippen LogP contribution is 2.37. The molecule has 5 N–H and O–H groups in total. The number of carbonyl (C=O) groups excluding carboxylic acids is 2. The highest BCUT2D eigenvalue weighted by molar-refractivity contribution is 7.99. The van der Waals surface area contributed by atoms with Crippen molar-refractivity contribution in [2.45, 2.75) is 56.4 Å². The summed E-state index contributed by atoms with van der Waals surface area (Å²) in [6.45, 7) is 1.34. The summed E-state index contributed by atoms with van der Waals surface area (Å²) in [5.41, 5.74) is 2.32. The van der Waals surface area contributed by atoms with E-state index in [2.05, 4.69) is 5.32 Å². The first-order valence-corrected chi connectivity index (χ1v) is 14.9. The van der Waals surface area contributed by atoms with Gasteiger partial charge in [-0.3, -0.25) is 9.59 Å². The van der Waals surface area contributed by atoms with Crippen LogP contribution in [0.4, 0.5) is 0 Å². The summed E-state index contributed by atoms with van der Waals surface area (Å²) in [5.74, 6) is -3.93. The molecule has 1 aliphatic heterocycles. The van der Waals surface area contributed by atoms with Crippen LogP contribution in [0.5, 0.6) is 0 Å². The molecule has 11 nitrogen and oxygen atoms in total. The van der Waals surface area contributed by atoms with Gasteiger partial charge in [0.05, 0.1) is 38.4 Å². The number of benzene rings is 2. The molecule has 1 amide bonds. The van der Waals surface area contributed by atoms with Gasteiger partial charge < -0.3 is 40.0 Å². The third kappa shape index (κ3) is 9.00. The number of thioether (sulfide) groups is 1. The molecule has 0 aromatic heterocycles. The first-order valence-electron chi connectivity index (χ1n) is 13.8. The highest BCUT2D eigenvalue weighted by atomic mass is 32.2. The Hall–Kier alpha value is -3.00. The van der Waals surface area contributed by atoms with Gasteiger partial charge in [0, 0.05) is 30.2 Å². The minimum absolute atomic E-state index is 0.0354. The van der Waals surface area contributed by atoms with Crippen LogP contribution in [-0.2, 0) is 23.8 Å². The summed E-state index contributed by atoms with van der Waals surface area (Å²) in [5, 5.41) is 43.8. The maximum absolute atomic E-state index is 12.8. The van der Waals surface area contributed by atoms with E-state index in [0.29, 0.717) is 23.5 Å². The predicted octanol–water partition coefficient (Wildman–Crippen LogP) is 2.08. The lowest BCUT2D eigenvalue weighted by Crippen LogP contribution is -2.62. The molecule has 0 aliphatic carbocycles. The van der Waals surface area contributed by atoms with Crippen molar-refractivity contribution in [2.75, 3.05) is 31.8 Å². The zero-order valence-electron chi connectivity index (χ0n) is 23.7. The zero-order valence-corrected chi connectivity index (χ0v) is 24.5. The molecule has 1 saturated heterocycles. The van der Waals surface area contributed by atoms with E-state index in [1.165, 1.54) is 11.8 Å². The van der Waals surface area contributed by atoms with E-state index in [4.69, 9.17) is 19.3 Å².